The van der Waals surface area contributed by atoms with E-state index < -0.39 is 23.8 Å². The number of nitrogens with one attached hydrogen (secondary N) is 2. The van der Waals surface area contributed by atoms with Crippen LogP contribution in [0.25, 0.3) is 0 Å². The summed E-state index contributed by atoms with van der Waals surface area (Å²) >= 11 is 0. The van der Waals surface area contributed by atoms with Gasteiger partial charge in [0.05, 0.1) is 16.8 Å². The van der Waals surface area contributed by atoms with Gasteiger partial charge in [0.15, 0.2) is 0 Å². The highest BCUT2D eigenvalue weighted by Crippen LogP contribution is 2.18. The van der Waals surface area contributed by atoms with Crippen molar-refractivity contribution in [1.29, 1.82) is 0 Å². The molecule has 8 heteroatoms. The third-order valence-electron chi connectivity index (χ3n) is 3.17. The van der Waals surface area contributed by atoms with E-state index in [1.165, 1.54) is 36.4 Å². The van der Waals surface area contributed by atoms with E-state index in [0.29, 0.717) is 6.08 Å². The monoisotopic (exact) mass is 354 g/mol. The number of anilines is 2. The third kappa shape index (κ3) is 5.03. The molecule has 0 saturated heterocycles. The average molecular weight is 354 g/mol. The van der Waals surface area contributed by atoms with Crippen LogP contribution in [0, 0.1) is 0 Å². The van der Waals surface area contributed by atoms with Gasteiger partial charge < -0.3 is 20.8 Å². The van der Waals surface area contributed by atoms with E-state index in [0.717, 1.165) is 6.08 Å². The van der Waals surface area contributed by atoms with Crippen molar-refractivity contribution in [2.75, 3.05) is 10.6 Å². The molecule has 2 aromatic rings. The molecule has 0 aromatic heterocycles. The van der Waals surface area contributed by atoms with Crippen LogP contribution in [0.1, 0.15) is 20.7 Å². The normalized spacial score (nSPS) is 10.3. The van der Waals surface area contributed by atoms with Crippen molar-refractivity contribution in [2.24, 2.45) is 0 Å². The van der Waals surface area contributed by atoms with Crippen LogP contribution in [0.4, 0.5) is 11.4 Å². The van der Waals surface area contributed by atoms with Crippen molar-refractivity contribution >= 4 is 35.1 Å². The molecule has 132 valence electrons. The van der Waals surface area contributed by atoms with E-state index in [1.807, 2.05) is 0 Å². The van der Waals surface area contributed by atoms with E-state index in [9.17, 15) is 19.2 Å². The van der Waals surface area contributed by atoms with Gasteiger partial charge in [0.2, 0.25) is 5.91 Å². The van der Waals surface area contributed by atoms with Crippen LogP contribution < -0.4 is 10.6 Å². The fraction of sp³-hybridized carbons (Fsp3) is 0. The van der Waals surface area contributed by atoms with E-state index in [-0.39, 0.29) is 22.5 Å². The highest BCUT2D eigenvalue weighted by atomic mass is 16.4. The molecule has 2 amide bonds. The van der Waals surface area contributed by atoms with Gasteiger partial charge in [-0.15, -0.1) is 0 Å². The van der Waals surface area contributed by atoms with Crippen molar-refractivity contribution < 1.29 is 29.4 Å². The van der Waals surface area contributed by atoms with Gasteiger partial charge in [-0.3, -0.25) is 9.59 Å². The largest absolute Gasteiger partial charge is 0.478 e. The molecule has 0 aliphatic carbocycles. The summed E-state index contributed by atoms with van der Waals surface area (Å²) in [6.45, 7) is 0. The minimum absolute atomic E-state index is 0.0168. The van der Waals surface area contributed by atoms with Gasteiger partial charge in [0.25, 0.3) is 5.91 Å². The molecule has 0 radical (unpaired) electrons. The lowest BCUT2D eigenvalue weighted by atomic mass is 10.1. The number of para-hydroxylation sites is 1. The van der Waals surface area contributed by atoms with Crippen LogP contribution in [0.3, 0.4) is 0 Å². The van der Waals surface area contributed by atoms with Crippen LogP contribution in [-0.4, -0.2) is 34.0 Å². The molecular weight excluding hydrogens is 340 g/mol. The molecule has 0 spiro atoms. The van der Waals surface area contributed by atoms with E-state index >= 15 is 0 Å². The van der Waals surface area contributed by atoms with Crippen molar-refractivity contribution in [2.45, 2.75) is 0 Å². The van der Waals surface area contributed by atoms with Crippen LogP contribution in [0.15, 0.2) is 60.7 Å². The molecule has 8 nitrogen and oxygen atoms in total. The Hall–Kier alpha value is -3.94. The lowest BCUT2D eigenvalue weighted by molar-refractivity contribution is -0.131. The Balaban J connectivity index is 2.19. The molecule has 0 fully saturated rings. The summed E-state index contributed by atoms with van der Waals surface area (Å²) in [4.78, 5) is 45.6. The first-order chi connectivity index (χ1) is 12.4. The highest BCUT2D eigenvalue weighted by Gasteiger charge is 2.13. The second-order valence-electron chi connectivity index (χ2n) is 5.05. The number of amides is 2. The van der Waals surface area contributed by atoms with Crippen LogP contribution >= 0.6 is 0 Å². The van der Waals surface area contributed by atoms with Gasteiger partial charge in [0.1, 0.15) is 0 Å². The molecule has 4 N–H and O–H groups in total. The number of carbonyl (C=O) groups is 4. The fourth-order valence-corrected chi connectivity index (χ4v) is 2.04. The first-order valence-electron chi connectivity index (χ1n) is 7.32. The molecule has 0 aliphatic rings. The van der Waals surface area contributed by atoms with E-state index in [4.69, 9.17) is 10.2 Å². The second kappa shape index (κ2) is 8.25. The quantitative estimate of drug-likeness (QED) is 0.588. The Bertz CT molecular complexity index is 904. The number of aliphatic carboxylic acids is 1. The Morgan fingerprint density at radius 2 is 1.58 bits per heavy atom. The van der Waals surface area contributed by atoms with Crippen LogP contribution in [0.2, 0.25) is 0 Å². The molecule has 26 heavy (non-hydrogen) atoms. The Morgan fingerprint density at radius 1 is 0.846 bits per heavy atom. The zero-order valence-electron chi connectivity index (χ0n) is 13.3. The van der Waals surface area contributed by atoms with Crippen LogP contribution in [-0.2, 0) is 9.59 Å². The maximum atomic E-state index is 12.4. The fourth-order valence-electron chi connectivity index (χ4n) is 2.04. The maximum Gasteiger partial charge on any atom is 0.335 e. The van der Waals surface area contributed by atoms with Gasteiger partial charge in [-0.2, -0.15) is 0 Å². The number of carbonyl (C=O) groups excluding carboxylic acids is 2. The first-order valence-corrected chi connectivity index (χ1v) is 7.32. The summed E-state index contributed by atoms with van der Waals surface area (Å²) in [5.41, 5.74) is 0.606. The third-order valence-corrected chi connectivity index (χ3v) is 3.17. The molecular formula is C18H14N2O6. The maximum absolute atomic E-state index is 12.4. The predicted molar refractivity (Wildman–Crippen MR) is 93.2 cm³/mol. The average Bonchev–Trinajstić information content (AvgIpc) is 2.60. The van der Waals surface area contributed by atoms with Gasteiger partial charge in [-0.25, -0.2) is 9.59 Å². The zero-order valence-corrected chi connectivity index (χ0v) is 13.3. The molecule has 0 aliphatic heterocycles. The summed E-state index contributed by atoms with van der Waals surface area (Å²) in [6, 6.07) is 11.8. The number of rotatable bonds is 6. The molecule has 0 saturated carbocycles. The van der Waals surface area contributed by atoms with E-state index in [2.05, 4.69) is 10.6 Å². The smallest absolute Gasteiger partial charge is 0.335 e. The molecule has 2 aromatic carbocycles. The molecule has 2 rings (SSSR count). The van der Waals surface area contributed by atoms with Crippen molar-refractivity contribution in [3.8, 4) is 0 Å². The molecule has 0 heterocycles. The lowest BCUT2D eigenvalue weighted by Gasteiger charge is -2.11. The number of carboxylic acids is 2. The number of hydrogen-bond donors (Lipinski definition) is 4. The summed E-state index contributed by atoms with van der Waals surface area (Å²) < 4.78 is 0. The van der Waals surface area contributed by atoms with Gasteiger partial charge in [-0.1, -0.05) is 18.2 Å². The van der Waals surface area contributed by atoms with E-state index in [1.54, 1.807) is 12.1 Å². The Morgan fingerprint density at radius 3 is 2.27 bits per heavy atom. The topological polar surface area (TPSA) is 133 Å². The number of benzene rings is 2. The van der Waals surface area contributed by atoms with Crippen molar-refractivity contribution in [3.63, 3.8) is 0 Å². The minimum Gasteiger partial charge on any atom is -0.478 e. The number of aromatic carboxylic acids is 1. The summed E-state index contributed by atoms with van der Waals surface area (Å²) in [6.07, 6.45) is 1.50. The Labute approximate surface area is 147 Å². The van der Waals surface area contributed by atoms with Crippen LogP contribution in [0.5, 0.6) is 0 Å². The SMILES string of the molecule is O=C(O)C=CC(=O)Nc1ccccc1C(=O)Nc1cccc(C(=O)O)c1. The second-order valence-corrected chi connectivity index (χ2v) is 5.05. The predicted octanol–water partition coefficient (Wildman–Crippen LogP) is 2.22. The Kier molecular flexibility index (Phi) is 5.83. The van der Waals surface area contributed by atoms with Gasteiger partial charge in [0, 0.05) is 17.8 Å². The van der Waals surface area contributed by atoms with Gasteiger partial charge >= 0.3 is 11.9 Å². The summed E-state index contributed by atoms with van der Waals surface area (Å²) in [7, 11) is 0. The highest BCUT2D eigenvalue weighted by molar-refractivity contribution is 6.12. The summed E-state index contributed by atoms with van der Waals surface area (Å²) in [5, 5.41) is 22.5. The molecule has 0 unspecified atom stereocenters. The van der Waals surface area contributed by atoms with Crippen molar-refractivity contribution in [1.82, 2.24) is 0 Å². The lowest BCUT2D eigenvalue weighted by Crippen LogP contribution is -2.17. The molecule has 0 bridgehead atoms. The summed E-state index contributed by atoms with van der Waals surface area (Å²) in [5.74, 6) is -3.67. The number of carboxylic acid groups (broad SMARTS) is 2. The van der Waals surface area contributed by atoms with Gasteiger partial charge in [-0.05, 0) is 30.3 Å². The zero-order chi connectivity index (χ0) is 19.1. The molecule has 0 atom stereocenters. The standard InChI is InChI=1S/C18H14N2O6/c21-15(8-9-16(22)23)20-14-7-2-1-6-13(14)17(24)19-12-5-3-4-11(10-12)18(25)26/h1-10H,(H,19,24)(H,20,21)(H,22,23)(H,25,26). The first kappa shape index (κ1) is 18.4. The van der Waals surface area contributed by atoms with Crippen molar-refractivity contribution in [3.05, 3.63) is 71.8 Å². The number of hydrogen-bond acceptors (Lipinski definition) is 4. The minimum atomic E-state index is -1.27.